The topological polar surface area (TPSA) is 45.7 Å². The number of aliphatic imine (C=N–C) groups is 1. The van der Waals surface area contributed by atoms with E-state index in [-0.39, 0.29) is 11.2 Å². The van der Waals surface area contributed by atoms with E-state index in [4.69, 9.17) is 9.73 Å². The molecule has 0 unspecified atom stereocenters. The number of nitrogens with one attached hydrogen (secondary N) is 2. The maximum atomic E-state index is 13.6. The van der Waals surface area contributed by atoms with E-state index >= 15 is 0 Å². The first-order chi connectivity index (χ1) is 12.6. The van der Waals surface area contributed by atoms with Crippen molar-refractivity contribution >= 4 is 5.96 Å². The lowest BCUT2D eigenvalue weighted by Crippen LogP contribution is -2.43. The van der Waals surface area contributed by atoms with Crippen LogP contribution in [0, 0.1) is 11.2 Å². The Morgan fingerprint density at radius 1 is 1.23 bits per heavy atom. The normalized spacial score (nSPS) is 20.3. The molecule has 2 fully saturated rings. The molecular formula is C21H32FN3O. The van der Waals surface area contributed by atoms with Crippen LogP contribution in [0.1, 0.15) is 51.0 Å². The zero-order valence-corrected chi connectivity index (χ0v) is 16.1. The lowest BCUT2D eigenvalue weighted by Gasteiger charge is -2.40. The van der Waals surface area contributed by atoms with Crippen molar-refractivity contribution in [2.24, 2.45) is 10.4 Å². The van der Waals surface area contributed by atoms with Gasteiger partial charge in [0.25, 0.3) is 0 Å². The highest BCUT2D eigenvalue weighted by Gasteiger charge is 2.44. The minimum absolute atomic E-state index is 0.0580. The Labute approximate surface area is 156 Å². The van der Waals surface area contributed by atoms with Crippen LogP contribution < -0.4 is 10.6 Å². The first-order valence-electron chi connectivity index (χ1n) is 9.89. The molecule has 3 rings (SSSR count). The molecule has 0 amide bonds. The van der Waals surface area contributed by atoms with E-state index in [1.807, 2.05) is 6.07 Å². The summed E-state index contributed by atoms with van der Waals surface area (Å²) in [5, 5.41) is 6.86. The van der Waals surface area contributed by atoms with Gasteiger partial charge in [-0.25, -0.2) is 4.39 Å². The monoisotopic (exact) mass is 361 g/mol. The van der Waals surface area contributed by atoms with Gasteiger partial charge in [-0.05, 0) is 62.1 Å². The zero-order chi connectivity index (χ0) is 18.5. The Bertz CT molecular complexity index is 623. The van der Waals surface area contributed by atoms with E-state index in [1.165, 1.54) is 25.3 Å². The van der Waals surface area contributed by atoms with Crippen molar-refractivity contribution in [1.29, 1.82) is 0 Å². The highest BCUT2D eigenvalue weighted by molar-refractivity contribution is 5.80. The molecular weight excluding hydrogens is 329 g/mol. The average molecular weight is 362 g/mol. The molecule has 0 bridgehead atoms. The number of ether oxygens (including phenoxy) is 1. The molecule has 144 valence electrons. The number of guanidine groups is 1. The lowest BCUT2D eigenvalue weighted by atomic mass is 9.67. The van der Waals surface area contributed by atoms with Crippen LogP contribution in [-0.4, -0.2) is 39.3 Å². The van der Waals surface area contributed by atoms with Crippen molar-refractivity contribution in [3.63, 3.8) is 0 Å². The van der Waals surface area contributed by atoms with Gasteiger partial charge in [-0.15, -0.1) is 0 Å². The van der Waals surface area contributed by atoms with Crippen LogP contribution in [0.5, 0.6) is 0 Å². The Morgan fingerprint density at radius 3 is 2.62 bits per heavy atom. The van der Waals surface area contributed by atoms with E-state index in [9.17, 15) is 4.39 Å². The summed E-state index contributed by atoms with van der Waals surface area (Å²) < 4.78 is 18.9. The Hall–Kier alpha value is -1.62. The fourth-order valence-electron chi connectivity index (χ4n) is 3.86. The summed E-state index contributed by atoms with van der Waals surface area (Å²) in [6.07, 6.45) is 7.06. The van der Waals surface area contributed by atoms with Gasteiger partial charge in [0.1, 0.15) is 5.82 Å². The summed E-state index contributed by atoms with van der Waals surface area (Å²) in [7, 11) is 1.77. The Morgan fingerprint density at radius 2 is 2.04 bits per heavy atom. The number of rotatable bonds is 9. The summed E-state index contributed by atoms with van der Waals surface area (Å²) in [6.45, 7) is 5.37. The second kappa shape index (κ2) is 8.38. The van der Waals surface area contributed by atoms with E-state index in [1.54, 1.807) is 19.2 Å². The highest BCUT2D eigenvalue weighted by atomic mass is 19.1. The van der Waals surface area contributed by atoms with Crippen LogP contribution in [0.4, 0.5) is 4.39 Å². The molecule has 2 saturated carbocycles. The van der Waals surface area contributed by atoms with E-state index in [0.29, 0.717) is 5.41 Å². The molecule has 5 heteroatoms. The first kappa shape index (κ1) is 19.2. The standard InChI is InChI=1S/C21H32FN3O/c1-3-23-19(24-15-20(8-5-9-20)12-13-26-2)25-16-21(10-11-21)17-6-4-7-18(22)14-17/h4,6-7,14H,3,5,8-13,15-16H2,1-2H3,(H2,23,24,25). The van der Waals surface area contributed by atoms with Gasteiger partial charge in [0.15, 0.2) is 5.96 Å². The van der Waals surface area contributed by atoms with Crippen LogP contribution in [0.2, 0.25) is 0 Å². The minimum Gasteiger partial charge on any atom is -0.385 e. The SMILES string of the molecule is CCNC(=NCC1(CCOC)CCC1)NCC1(c2cccc(F)c2)CC1. The third-order valence-corrected chi connectivity index (χ3v) is 6.05. The number of hydrogen-bond acceptors (Lipinski definition) is 2. The van der Waals surface area contributed by atoms with Crippen molar-refractivity contribution in [2.45, 2.75) is 50.9 Å². The summed E-state index contributed by atoms with van der Waals surface area (Å²) >= 11 is 0. The van der Waals surface area contributed by atoms with Gasteiger partial charge in [-0.1, -0.05) is 18.6 Å². The maximum Gasteiger partial charge on any atom is 0.191 e. The molecule has 0 aliphatic heterocycles. The molecule has 0 saturated heterocycles. The van der Waals surface area contributed by atoms with E-state index in [2.05, 4.69) is 17.6 Å². The fraction of sp³-hybridized carbons (Fsp3) is 0.667. The van der Waals surface area contributed by atoms with Crippen molar-refractivity contribution in [3.8, 4) is 0 Å². The molecule has 2 aliphatic rings. The first-order valence-corrected chi connectivity index (χ1v) is 9.89. The van der Waals surface area contributed by atoms with Crippen molar-refractivity contribution in [1.82, 2.24) is 10.6 Å². The summed E-state index contributed by atoms with van der Waals surface area (Å²) in [5.74, 6) is 0.721. The van der Waals surface area contributed by atoms with Gasteiger partial charge in [0.05, 0.1) is 0 Å². The number of nitrogens with zero attached hydrogens (tertiary/aromatic N) is 1. The number of methoxy groups -OCH3 is 1. The molecule has 26 heavy (non-hydrogen) atoms. The third-order valence-electron chi connectivity index (χ3n) is 6.05. The third kappa shape index (κ3) is 4.56. The van der Waals surface area contributed by atoms with Gasteiger partial charge in [0.2, 0.25) is 0 Å². The van der Waals surface area contributed by atoms with Crippen LogP contribution in [-0.2, 0) is 10.2 Å². The van der Waals surface area contributed by atoms with Crippen molar-refractivity contribution < 1.29 is 9.13 Å². The van der Waals surface area contributed by atoms with Crippen LogP contribution >= 0.6 is 0 Å². The highest BCUT2D eigenvalue weighted by Crippen LogP contribution is 2.47. The predicted molar refractivity (Wildman–Crippen MR) is 104 cm³/mol. The molecule has 0 heterocycles. The molecule has 1 aromatic carbocycles. The van der Waals surface area contributed by atoms with Crippen LogP contribution in [0.3, 0.4) is 0 Å². The van der Waals surface area contributed by atoms with Gasteiger partial charge in [-0.3, -0.25) is 4.99 Å². The average Bonchev–Trinajstić information content (AvgIpc) is 3.39. The van der Waals surface area contributed by atoms with Gasteiger partial charge >= 0.3 is 0 Å². The summed E-state index contributed by atoms with van der Waals surface area (Å²) in [6, 6.07) is 7.03. The lowest BCUT2D eigenvalue weighted by molar-refractivity contribution is 0.0778. The molecule has 4 nitrogen and oxygen atoms in total. The zero-order valence-electron chi connectivity index (χ0n) is 16.1. The summed E-state index contributed by atoms with van der Waals surface area (Å²) in [4.78, 5) is 4.87. The Balaban J connectivity index is 1.60. The molecule has 2 N–H and O–H groups in total. The number of hydrogen-bond donors (Lipinski definition) is 2. The van der Waals surface area contributed by atoms with E-state index < -0.39 is 0 Å². The van der Waals surface area contributed by atoms with Crippen molar-refractivity contribution in [3.05, 3.63) is 35.6 Å². The van der Waals surface area contributed by atoms with Gasteiger partial charge in [-0.2, -0.15) is 0 Å². The van der Waals surface area contributed by atoms with Crippen LogP contribution in [0.15, 0.2) is 29.3 Å². The van der Waals surface area contributed by atoms with Crippen LogP contribution in [0.25, 0.3) is 0 Å². The predicted octanol–water partition coefficient (Wildman–Crippen LogP) is 3.62. The maximum absolute atomic E-state index is 13.6. The molecule has 2 aliphatic carbocycles. The molecule has 0 aromatic heterocycles. The number of benzene rings is 1. The fourth-order valence-corrected chi connectivity index (χ4v) is 3.86. The Kier molecular flexibility index (Phi) is 6.17. The second-order valence-electron chi connectivity index (χ2n) is 7.94. The molecule has 0 radical (unpaired) electrons. The minimum atomic E-state index is -0.153. The smallest absolute Gasteiger partial charge is 0.191 e. The number of halogens is 1. The second-order valence-corrected chi connectivity index (χ2v) is 7.94. The molecule has 0 atom stereocenters. The largest absolute Gasteiger partial charge is 0.385 e. The molecule has 1 aromatic rings. The van der Waals surface area contributed by atoms with Gasteiger partial charge in [0, 0.05) is 38.8 Å². The van der Waals surface area contributed by atoms with Gasteiger partial charge < -0.3 is 15.4 Å². The van der Waals surface area contributed by atoms with E-state index in [0.717, 1.165) is 57.0 Å². The van der Waals surface area contributed by atoms with Crippen molar-refractivity contribution in [2.75, 3.05) is 33.4 Å². The summed E-state index contributed by atoms with van der Waals surface area (Å²) in [5.41, 5.74) is 1.47. The molecule has 0 spiro atoms. The quantitative estimate of drug-likeness (QED) is 0.522.